The number of methoxy groups -OCH3 is 3. The number of ether oxygens (including phenoxy) is 3. The van der Waals surface area contributed by atoms with Crippen molar-refractivity contribution in [2.24, 2.45) is 0 Å². The van der Waals surface area contributed by atoms with Crippen LogP contribution in [0.1, 0.15) is 43.0 Å². The minimum absolute atomic E-state index is 0.0584. The molecule has 1 saturated heterocycles. The lowest BCUT2D eigenvalue weighted by atomic mass is 9.95. The Balaban J connectivity index is 1.37. The van der Waals surface area contributed by atoms with Crippen LogP contribution in [0, 0.1) is 0 Å². The third kappa shape index (κ3) is 7.60. The molecule has 0 bridgehead atoms. The Kier molecular flexibility index (Phi) is 10.8. The number of aryl methyl sites for hydroxylation is 1. The highest BCUT2D eigenvalue weighted by Crippen LogP contribution is 2.50. The molecule has 2 amide bonds. The van der Waals surface area contributed by atoms with Gasteiger partial charge in [0, 0.05) is 45.2 Å². The van der Waals surface area contributed by atoms with E-state index in [2.05, 4.69) is 39.8 Å². The van der Waals surface area contributed by atoms with Crippen molar-refractivity contribution in [2.45, 2.75) is 38.8 Å². The van der Waals surface area contributed by atoms with Crippen LogP contribution in [0.15, 0.2) is 65.5 Å². The first-order valence-corrected chi connectivity index (χ1v) is 16.0. The number of carbonyl (C=O) groups excluding carboxylic acids is 2. The van der Waals surface area contributed by atoms with Gasteiger partial charge >= 0.3 is 0 Å². The van der Waals surface area contributed by atoms with E-state index < -0.39 is 12.1 Å². The molecule has 3 aromatic carbocycles. The lowest BCUT2D eigenvalue weighted by Crippen LogP contribution is -2.52. The number of benzene rings is 2. The second-order valence-electron chi connectivity index (χ2n) is 11.9. The van der Waals surface area contributed by atoms with Gasteiger partial charge < -0.3 is 29.7 Å². The molecule has 10 heteroatoms. The van der Waals surface area contributed by atoms with Gasteiger partial charge in [0.2, 0.25) is 23.0 Å². The summed E-state index contributed by atoms with van der Waals surface area (Å²) in [4.78, 5) is 43.6. The molecule has 1 heterocycles. The molecule has 0 radical (unpaired) electrons. The molecule has 0 aromatic heterocycles. The third-order valence-corrected chi connectivity index (χ3v) is 8.82. The van der Waals surface area contributed by atoms with Crippen molar-refractivity contribution in [3.63, 3.8) is 0 Å². The van der Waals surface area contributed by atoms with Gasteiger partial charge in [-0.3, -0.25) is 19.3 Å². The van der Waals surface area contributed by atoms with Crippen molar-refractivity contribution in [3.05, 3.63) is 87.6 Å². The zero-order valence-electron chi connectivity index (χ0n) is 27.8. The number of carbonyl (C=O) groups is 2. The van der Waals surface area contributed by atoms with Crippen molar-refractivity contribution >= 4 is 23.6 Å². The molecule has 0 spiro atoms. The van der Waals surface area contributed by atoms with Crippen LogP contribution >= 0.6 is 0 Å². The van der Waals surface area contributed by atoms with Crippen molar-refractivity contribution < 1.29 is 23.8 Å². The zero-order valence-corrected chi connectivity index (χ0v) is 27.8. The number of hydrogen-bond donors (Lipinski definition) is 2. The topological polar surface area (TPSA) is 109 Å². The summed E-state index contributed by atoms with van der Waals surface area (Å²) in [5.74, 6) is 1.20. The van der Waals surface area contributed by atoms with Crippen LogP contribution in [0.2, 0.25) is 0 Å². The molecule has 0 saturated carbocycles. The summed E-state index contributed by atoms with van der Waals surface area (Å²) in [6.45, 7) is 6.85. The van der Waals surface area contributed by atoms with E-state index in [0.29, 0.717) is 54.4 Å². The van der Waals surface area contributed by atoms with Crippen molar-refractivity contribution in [2.75, 3.05) is 59.4 Å². The summed E-state index contributed by atoms with van der Waals surface area (Å²) in [5, 5.41) is 6.21. The Morgan fingerprint density at radius 2 is 1.68 bits per heavy atom. The highest BCUT2D eigenvalue weighted by Gasteiger charge is 2.30. The number of piperazine rings is 1. The fourth-order valence-corrected chi connectivity index (χ4v) is 6.45. The van der Waals surface area contributed by atoms with Gasteiger partial charge in [-0.15, -0.1) is 0 Å². The van der Waals surface area contributed by atoms with Crippen LogP contribution in [0.4, 0.5) is 5.69 Å². The summed E-state index contributed by atoms with van der Waals surface area (Å²) in [7, 11) is 4.69. The molecular weight excluding hydrogens is 596 g/mol. The first-order valence-electron chi connectivity index (χ1n) is 16.0. The van der Waals surface area contributed by atoms with E-state index in [1.54, 1.807) is 40.4 Å². The van der Waals surface area contributed by atoms with Gasteiger partial charge in [-0.1, -0.05) is 48.6 Å². The van der Waals surface area contributed by atoms with Gasteiger partial charge in [-0.25, -0.2) is 0 Å². The molecule has 5 rings (SSSR count). The Morgan fingerprint density at radius 1 is 0.957 bits per heavy atom. The van der Waals surface area contributed by atoms with Crippen molar-refractivity contribution in [1.29, 1.82) is 0 Å². The average molecular weight is 641 g/mol. The monoisotopic (exact) mass is 640 g/mol. The van der Waals surface area contributed by atoms with E-state index in [1.807, 2.05) is 35.2 Å². The summed E-state index contributed by atoms with van der Waals surface area (Å²) in [6.07, 6.45) is 5.44. The maximum absolute atomic E-state index is 13.7. The molecular formula is C37H44N4O6. The smallest absolute Gasteiger partial charge is 0.244 e. The minimum atomic E-state index is -0.619. The van der Waals surface area contributed by atoms with Gasteiger partial charge in [-0.05, 0) is 60.2 Å². The summed E-state index contributed by atoms with van der Waals surface area (Å²) >= 11 is 0. The van der Waals surface area contributed by atoms with Crippen LogP contribution in [0.3, 0.4) is 0 Å². The number of hydrogen-bond acceptors (Lipinski definition) is 8. The van der Waals surface area contributed by atoms with Crippen LogP contribution < -0.4 is 30.3 Å². The molecule has 1 aliphatic carbocycles. The van der Waals surface area contributed by atoms with E-state index in [1.165, 1.54) is 12.5 Å². The van der Waals surface area contributed by atoms with E-state index in [9.17, 15) is 14.4 Å². The van der Waals surface area contributed by atoms with E-state index in [-0.39, 0.29) is 17.2 Å². The Bertz CT molecular complexity index is 1680. The molecule has 1 fully saturated rings. The molecule has 47 heavy (non-hydrogen) atoms. The predicted octanol–water partition coefficient (Wildman–Crippen LogP) is 4.52. The van der Waals surface area contributed by atoms with Gasteiger partial charge in [0.15, 0.2) is 11.5 Å². The number of rotatable bonds is 10. The molecule has 0 unspecified atom stereocenters. The average Bonchev–Trinajstić information content (AvgIpc) is 3.32. The number of amides is 2. The van der Waals surface area contributed by atoms with Crippen molar-refractivity contribution in [1.82, 2.24) is 15.1 Å². The summed E-state index contributed by atoms with van der Waals surface area (Å²) in [5.41, 5.74) is 4.30. The van der Waals surface area contributed by atoms with Gasteiger partial charge in [-0.2, -0.15) is 0 Å². The SMILES string of the molecule is COc1cc2c(c(OC)c1OC)-c1ccc(N[C@@H](C)C(=O)N3CCN(C/C=C/c4ccccc4)CC3)c(=O)cc1[C@@H](NC(C)=O)CC2. The van der Waals surface area contributed by atoms with Crippen LogP contribution in [0.25, 0.3) is 17.2 Å². The molecule has 248 valence electrons. The van der Waals surface area contributed by atoms with E-state index in [0.717, 1.165) is 36.3 Å². The first kappa shape index (κ1) is 33.5. The summed E-state index contributed by atoms with van der Waals surface area (Å²) < 4.78 is 17.1. The van der Waals surface area contributed by atoms with Gasteiger partial charge in [0.1, 0.15) is 6.04 Å². The molecule has 10 nitrogen and oxygen atoms in total. The molecule has 1 aliphatic heterocycles. The molecule has 2 N–H and O–H groups in total. The maximum Gasteiger partial charge on any atom is 0.244 e. The standard InChI is InChI=1S/C37H44N4O6/c1-24(37(44)41-20-18-40(19-21-41)17-9-12-26-10-7-6-8-11-26)38-31-16-14-28-29(23-32(31)43)30(39-25(2)42)15-13-27-22-33(45-3)35(46-4)36(47-5)34(27)28/h6-12,14,16,22-24,30H,13,15,17-21H2,1-5H3,(H,38,43)(H,39,42)/b12-9+/t24-,30-/m0/s1. The molecule has 2 atom stereocenters. The second-order valence-corrected chi connectivity index (χ2v) is 11.9. The molecule has 2 aliphatic rings. The Hall–Kier alpha value is -4.83. The zero-order chi connectivity index (χ0) is 33.5. The fourth-order valence-electron chi connectivity index (χ4n) is 6.45. The third-order valence-electron chi connectivity index (χ3n) is 8.82. The van der Waals surface area contributed by atoms with E-state index in [4.69, 9.17) is 14.2 Å². The van der Waals surface area contributed by atoms with E-state index >= 15 is 0 Å². The number of fused-ring (bicyclic) bond motifs is 3. The molecule has 3 aromatic rings. The Labute approximate surface area is 276 Å². The lowest BCUT2D eigenvalue weighted by Gasteiger charge is -2.35. The number of anilines is 1. The second kappa shape index (κ2) is 15.2. The quantitative estimate of drug-likeness (QED) is 0.333. The van der Waals surface area contributed by atoms with Gasteiger partial charge in [0.05, 0.1) is 33.1 Å². The first-order chi connectivity index (χ1) is 22.7. The van der Waals surface area contributed by atoms with Crippen LogP contribution in [-0.2, 0) is 16.0 Å². The predicted molar refractivity (Wildman–Crippen MR) is 184 cm³/mol. The normalized spacial score (nSPS) is 16.8. The van der Waals surface area contributed by atoms with Crippen LogP contribution in [-0.4, -0.2) is 81.7 Å². The highest BCUT2D eigenvalue weighted by molar-refractivity contribution is 5.86. The van der Waals surface area contributed by atoms with Gasteiger partial charge in [0.25, 0.3) is 0 Å². The lowest BCUT2D eigenvalue weighted by molar-refractivity contribution is -0.133. The number of nitrogens with zero attached hydrogens (tertiary/aromatic N) is 2. The number of nitrogens with one attached hydrogen (secondary N) is 2. The highest BCUT2D eigenvalue weighted by atomic mass is 16.5. The van der Waals surface area contributed by atoms with Crippen molar-refractivity contribution in [3.8, 4) is 28.4 Å². The summed E-state index contributed by atoms with van der Waals surface area (Å²) in [6, 6.07) is 16.2. The maximum atomic E-state index is 13.7. The largest absolute Gasteiger partial charge is 0.493 e. The minimum Gasteiger partial charge on any atom is -0.493 e. The van der Waals surface area contributed by atoms with Crippen LogP contribution in [0.5, 0.6) is 17.2 Å². The Morgan fingerprint density at radius 3 is 2.34 bits per heavy atom. The fraction of sp³-hybridized carbons (Fsp3) is 0.378.